The lowest BCUT2D eigenvalue weighted by molar-refractivity contribution is -0.116. The highest BCUT2D eigenvalue weighted by molar-refractivity contribution is 5.91. The number of nitrogens with zero attached hydrogens (tertiary/aromatic N) is 3. The van der Waals surface area contributed by atoms with Crippen LogP contribution >= 0.6 is 0 Å². The van der Waals surface area contributed by atoms with Crippen LogP contribution in [0, 0.1) is 11.3 Å². The third-order valence-corrected chi connectivity index (χ3v) is 5.63. The topological polar surface area (TPSA) is 68.6 Å². The van der Waals surface area contributed by atoms with Gasteiger partial charge in [-0.05, 0) is 55.4 Å². The fraction of sp³-hybridized carbons (Fsp3) is 0.417. The van der Waals surface area contributed by atoms with Crippen molar-refractivity contribution in [2.24, 2.45) is 0 Å². The summed E-state index contributed by atoms with van der Waals surface area (Å²) in [5.74, 6) is 0.0135. The third-order valence-electron chi connectivity index (χ3n) is 5.63. The van der Waals surface area contributed by atoms with E-state index in [0.717, 1.165) is 49.8 Å². The molecule has 2 aromatic rings. The average molecular weight is 407 g/mol. The van der Waals surface area contributed by atoms with Crippen LogP contribution in [0.1, 0.15) is 37.4 Å². The number of anilines is 2. The highest BCUT2D eigenvalue weighted by Gasteiger charge is 2.16. The van der Waals surface area contributed by atoms with E-state index in [4.69, 9.17) is 10.00 Å². The Morgan fingerprint density at radius 1 is 1.17 bits per heavy atom. The molecule has 1 amide bonds. The summed E-state index contributed by atoms with van der Waals surface area (Å²) in [7, 11) is 0. The normalized spacial score (nSPS) is 14.9. The van der Waals surface area contributed by atoms with Crippen LogP contribution in [0.15, 0.2) is 48.5 Å². The first kappa shape index (κ1) is 21.8. The number of benzene rings is 2. The van der Waals surface area contributed by atoms with E-state index in [1.807, 2.05) is 48.5 Å². The van der Waals surface area contributed by atoms with Crippen LogP contribution < -0.4 is 10.2 Å². The van der Waals surface area contributed by atoms with Crippen LogP contribution in [-0.2, 0) is 9.53 Å². The number of carbonyl (C=O) groups excluding carboxylic acids is 1. The average Bonchev–Trinajstić information content (AvgIpc) is 2.80. The molecular formula is C24H30N4O2. The van der Waals surface area contributed by atoms with Crippen LogP contribution in [0.3, 0.4) is 0 Å². The molecular weight excluding hydrogens is 376 g/mol. The summed E-state index contributed by atoms with van der Waals surface area (Å²) < 4.78 is 5.39. The van der Waals surface area contributed by atoms with Gasteiger partial charge >= 0.3 is 0 Å². The number of hydrogen-bond donors (Lipinski definition) is 1. The maximum absolute atomic E-state index is 12.5. The molecule has 0 aliphatic carbocycles. The summed E-state index contributed by atoms with van der Waals surface area (Å²) in [5.41, 5.74) is 3.79. The fourth-order valence-corrected chi connectivity index (χ4v) is 3.72. The van der Waals surface area contributed by atoms with E-state index in [2.05, 4.69) is 35.0 Å². The highest BCUT2D eigenvalue weighted by atomic mass is 16.5. The molecule has 1 aliphatic heterocycles. The van der Waals surface area contributed by atoms with Crippen molar-refractivity contribution in [1.82, 2.24) is 4.90 Å². The molecule has 1 aliphatic rings. The summed E-state index contributed by atoms with van der Waals surface area (Å²) in [4.78, 5) is 17.0. The molecule has 1 saturated heterocycles. The summed E-state index contributed by atoms with van der Waals surface area (Å²) in [6.45, 7) is 9.07. The first-order valence-corrected chi connectivity index (χ1v) is 10.6. The standard InChI is InChI=1S/C24H30N4O2/c1-3-27(19(2)21-6-4-20(18-25)5-7-21)13-12-24(29)26-22-8-10-23(11-9-22)28-14-16-30-17-15-28/h4-11,19H,3,12-17H2,1-2H3,(H,26,29). The van der Waals surface area contributed by atoms with Gasteiger partial charge in [0.2, 0.25) is 5.91 Å². The summed E-state index contributed by atoms with van der Waals surface area (Å²) in [6, 6.07) is 18.0. The molecule has 158 valence electrons. The van der Waals surface area contributed by atoms with Crippen LogP contribution in [0.2, 0.25) is 0 Å². The van der Waals surface area contributed by atoms with E-state index < -0.39 is 0 Å². The molecule has 6 nitrogen and oxygen atoms in total. The van der Waals surface area contributed by atoms with Gasteiger partial charge in [0.15, 0.2) is 0 Å². The predicted octanol–water partition coefficient (Wildman–Crippen LogP) is 3.81. The number of ether oxygens (including phenoxy) is 1. The molecule has 1 atom stereocenters. The number of nitriles is 1. The third kappa shape index (κ3) is 5.82. The highest BCUT2D eigenvalue weighted by Crippen LogP contribution is 2.22. The maximum atomic E-state index is 12.5. The van der Waals surface area contributed by atoms with Gasteiger partial charge in [0.1, 0.15) is 0 Å². The molecule has 0 spiro atoms. The van der Waals surface area contributed by atoms with Crippen molar-refractivity contribution in [3.8, 4) is 6.07 Å². The molecule has 6 heteroatoms. The minimum atomic E-state index is 0.0135. The van der Waals surface area contributed by atoms with Gasteiger partial charge in [-0.15, -0.1) is 0 Å². The van der Waals surface area contributed by atoms with E-state index in [0.29, 0.717) is 18.5 Å². The number of hydrogen-bond acceptors (Lipinski definition) is 5. The first-order chi connectivity index (χ1) is 14.6. The Morgan fingerprint density at radius 2 is 1.83 bits per heavy atom. The Hall–Kier alpha value is -2.88. The number of morpholine rings is 1. The van der Waals surface area contributed by atoms with Crippen molar-refractivity contribution in [2.75, 3.05) is 49.6 Å². The SMILES string of the molecule is CCN(CCC(=O)Nc1ccc(N2CCOCC2)cc1)C(C)c1ccc(C#N)cc1. The first-order valence-electron chi connectivity index (χ1n) is 10.6. The van der Waals surface area contributed by atoms with E-state index >= 15 is 0 Å². The van der Waals surface area contributed by atoms with Crippen LogP contribution in [0.5, 0.6) is 0 Å². The summed E-state index contributed by atoms with van der Waals surface area (Å²) >= 11 is 0. The smallest absolute Gasteiger partial charge is 0.225 e. The van der Waals surface area contributed by atoms with Crippen molar-refractivity contribution in [3.05, 3.63) is 59.7 Å². The molecule has 0 radical (unpaired) electrons. The number of rotatable bonds is 8. The summed E-state index contributed by atoms with van der Waals surface area (Å²) in [5, 5.41) is 12.0. The Labute approximate surface area is 179 Å². The molecule has 0 saturated carbocycles. The lowest BCUT2D eigenvalue weighted by atomic mass is 10.0. The minimum Gasteiger partial charge on any atom is -0.378 e. The zero-order valence-corrected chi connectivity index (χ0v) is 17.8. The van der Waals surface area contributed by atoms with Crippen LogP contribution in [0.4, 0.5) is 11.4 Å². The van der Waals surface area contributed by atoms with Crippen LogP contribution in [0.25, 0.3) is 0 Å². The van der Waals surface area contributed by atoms with Gasteiger partial charge in [0.05, 0.1) is 24.8 Å². The Bertz CT molecular complexity index is 852. The van der Waals surface area contributed by atoms with E-state index in [9.17, 15) is 4.79 Å². The number of amides is 1. The lowest BCUT2D eigenvalue weighted by Gasteiger charge is -2.29. The molecule has 1 N–H and O–H groups in total. The number of carbonyl (C=O) groups is 1. The second kappa shape index (κ2) is 10.8. The maximum Gasteiger partial charge on any atom is 0.225 e. The molecule has 0 bridgehead atoms. The van der Waals surface area contributed by atoms with E-state index in [1.54, 1.807) is 0 Å². The molecule has 30 heavy (non-hydrogen) atoms. The van der Waals surface area contributed by atoms with Crippen molar-refractivity contribution in [2.45, 2.75) is 26.3 Å². The zero-order valence-electron chi connectivity index (χ0n) is 17.8. The van der Waals surface area contributed by atoms with Gasteiger partial charge < -0.3 is 15.0 Å². The molecule has 3 rings (SSSR count). The second-order valence-corrected chi connectivity index (χ2v) is 7.48. The predicted molar refractivity (Wildman–Crippen MR) is 120 cm³/mol. The monoisotopic (exact) mass is 406 g/mol. The Kier molecular flexibility index (Phi) is 7.83. The zero-order chi connectivity index (χ0) is 21.3. The van der Waals surface area contributed by atoms with Crippen molar-refractivity contribution < 1.29 is 9.53 Å². The molecule has 0 aromatic heterocycles. The Balaban J connectivity index is 1.50. The summed E-state index contributed by atoms with van der Waals surface area (Å²) in [6.07, 6.45) is 0.430. The van der Waals surface area contributed by atoms with E-state index in [1.165, 1.54) is 0 Å². The van der Waals surface area contributed by atoms with Crippen molar-refractivity contribution in [1.29, 1.82) is 5.26 Å². The molecule has 1 fully saturated rings. The lowest BCUT2D eigenvalue weighted by Crippen LogP contribution is -2.36. The quantitative estimate of drug-likeness (QED) is 0.722. The van der Waals surface area contributed by atoms with Gasteiger partial charge in [-0.3, -0.25) is 9.69 Å². The van der Waals surface area contributed by atoms with E-state index in [-0.39, 0.29) is 11.9 Å². The molecule has 2 aromatic carbocycles. The fourth-order valence-electron chi connectivity index (χ4n) is 3.72. The molecule has 1 heterocycles. The molecule has 1 unspecified atom stereocenters. The second-order valence-electron chi connectivity index (χ2n) is 7.48. The van der Waals surface area contributed by atoms with Crippen LogP contribution in [-0.4, -0.2) is 50.2 Å². The van der Waals surface area contributed by atoms with Gasteiger partial charge in [-0.2, -0.15) is 5.26 Å². The Morgan fingerprint density at radius 3 is 2.43 bits per heavy atom. The van der Waals surface area contributed by atoms with Crippen molar-refractivity contribution >= 4 is 17.3 Å². The largest absolute Gasteiger partial charge is 0.378 e. The van der Waals surface area contributed by atoms with Gasteiger partial charge in [0, 0.05) is 43.5 Å². The van der Waals surface area contributed by atoms with Gasteiger partial charge in [-0.25, -0.2) is 0 Å². The number of nitrogens with one attached hydrogen (secondary N) is 1. The van der Waals surface area contributed by atoms with Gasteiger partial charge in [-0.1, -0.05) is 19.1 Å². The van der Waals surface area contributed by atoms with Gasteiger partial charge in [0.25, 0.3) is 0 Å². The van der Waals surface area contributed by atoms with Crippen molar-refractivity contribution in [3.63, 3.8) is 0 Å². The minimum absolute atomic E-state index is 0.0135.